The first-order valence-electron chi connectivity index (χ1n) is 10.6. The highest BCUT2D eigenvalue weighted by Crippen LogP contribution is 2.36. The van der Waals surface area contributed by atoms with E-state index in [9.17, 15) is 48.0 Å². The van der Waals surface area contributed by atoms with Crippen LogP contribution < -0.4 is 9.88 Å². The lowest BCUT2D eigenvalue weighted by Gasteiger charge is -2.27. The van der Waals surface area contributed by atoms with Gasteiger partial charge in [0.1, 0.15) is 0 Å². The van der Waals surface area contributed by atoms with E-state index >= 15 is 0 Å². The smallest absolute Gasteiger partial charge is 0.443 e. The number of allylic oxidation sites excluding steroid dienone is 1. The van der Waals surface area contributed by atoms with Gasteiger partial charge in [-0.25, -0.2) is 26.2 Å². The molecule has 0 bridgehead atoms. The zero-order valence-corrected chi connectivity index (χ0v) is 22.4. The highest BCUT2D eigenvalue weighted by atomic mass is 32.3. The predicted molar refractivity (Wildman–Crippen MR) is 129 cm³/mol. The van der Waals surface area contributed by atoms with E-state index < -0.39 is 42.7 Å². The van der Waals surface area contributed by atoms with Crippen LogP contribution in [-0.4, -0.2) is 40.6 Å². The summed E-state index contributed by atoms with van der Waals surface area (Å²) in [5.41, 5.74) is -9.86. The Kier molecular flexibility index (Phi) is 11.1. The predicted octanol–water partition coefficient (Wildman–Crippen LogP) is 4.73. The third-order valence-electron chi connectivity index (χ3n) is 4.63. The summed E-state index contributed by atoms with van der Waals surface area (Å²) in [7, 11) is -13.4. The topological polar surface area (TPSA) is 125 Å². The zero-order chi connectivity index (χ0) is 30.3. The fraction of sp³-hybridized carbons (Fsp3) is 0.364. The molecule has 0 aliphatic heterocycles. The number of nitrogens with one attached hydrogen (secondary N) is 1. The third kappa shape index (κ3) is 10.5. The van der Waals surface area contributed by atoms with Gasteiger partial charge in [-0.05, 0) is 38.0 Å². The van der Waals surface area contributed by atoms with Crippen molar-refractivity contribution in [3.05, 3.63) is 76.7 Å². The van der Waals surface area contributed by atoms with Crippen molar-refractivity contribution in [2.24, 2.45) is 0 Å². The molecule has 0 saturated heterocycles. The second-order valence-electron chi connectivity index (χ2n) is 8.28. The Balaban J connectivity index is 0.000000439. The molecule has 0 spiro atoms. The van der Waals surface area contributed by atoms with Gasteiger partial charge in [0.25, 0.3) is 0 Å². The fourth-order valence-corrected chi connectivity index (χ4v) is 4.29. The normalized spacial score (nSPS) is 12.6. The molecule has 0 fully saturated rings. The van der Waals surface area contributed by atoms with Crippen LogP contribution in [0, 0.1) is 0 Å². The lowest BCUT2D eigenvalue weighted by molar-refractivity contribution is -0.697. The molecule has 1 heterocycles. The summed E-state index contributed by atoms with van der Waals surface area (Å²) < 4.78 is 116. The lowest BCUT2D eigenvalue weighted by atomic mass is 9.92. The van der Waals surface area contributed by atoms with E-state index in [0.29, 0.717) is 13.2 Å². The number of carbonyl (C=O) groups excluding carboxylic acids is 1. The number of rotatable bonds is 8. The second-order valence-corrected chi connectivity index (χ2v) is 11.7. The van der Waals surface area contributed by atoms with E-state index in [1.165, 1.54) is 0 Å². The average molecular weight is 606 g/mol. The van der Waals surface area contributed by atoms with Gasteiger partial charge in [0.05, 0.1) is 5.54 Å². The summed E-state index contributed by atoms with van der Waals surface area (Å²) >= 11 is 0. The third-order valence-corrected chi connectivity index (χ3v) is 7.37. The van der Waals surface area contributed by atoms with Crippen molar-refractivity contribution < 1.29 is 57.3 Å². The monoisotopic (exact) mass is 605 g/mol. The standard InChI is InChI=1S/C20H24N2O2.C2F6NO4S2/c1-16(2)17-9-8-10-18(15-17)20(3,4)21-19(23)24-14-13-22-11-6-5-7-12-22;3-1(4,5)14(10,11)9-15(12,13)2(6,7)8/h5-12,15H,1,13-14H2,2-4H3;/q;-1/p+1. The number of carbonyl (C=O) groups is 1. The van der Waals surface area contributed by atoms with Gasteiger partial charge < -0.3 is 14.2 Å². The molecule has 2 rings (SSSR count). The number of hydrogen-bond acceptors (Lipinski definition) is 6. The van der Waals surface area contributed by atoms with Gasteiger partial charge in [0.15, 0.2) is 45.6 Å². The summed E-state index contributed by atoms with van der Waals surface area (Å²) in [6.07, 6.45) is 3.46. The fourth-order valence-electron chi connectivity index (χ4n) is 2.58. The first-order valence-corrected chi connectivity index (χ1v) is 13.5. The van der Waals surface area contributed by atoms with Gasteiger partial charge in [-0.15, -0.1) is 0 Å². The number of benzene rings is 1. The van der Waals surface area contributed by atoms with Gasteiger partial charge in [0.2, 0.25) is 0 Å². The van der Waals surface area contributed by atoms with Gasteiger partial charge in [0, 0.05) is 12.1 Å². The Morgan fingerprint density at radius 3 is 1.92 bits per heavy atom. The molecule has 1 aromatic carbocycles. The summed E-state index contributed by atoms with van der Waals surface area (Å²) in [6.45, 7) is 10.8. The van der Waals surface area contributed by atoms with E-state index in [2.05, 4.69) is 11.9 Å². The van der Waals surface area contributed by atoms with Gasteiger partial charge >= 0.3 is 17.1 Å². The van der Waals surface area contributed by atoms with Crippen molar-refractivity contribution in [1.29, 1.82) is 0 Å². The minimum atomic E-state index is -6.72. The number of amides is 1. The first kappa shape index (κ1) is 33.8. The van der Waals surface area contributed by atoms with Crippen LogP contribution in [0.4, 0.5) is 31.1 Å². The SMILES string of the molecule is C=C(C)c1cccc(C(C)(C)NC(=O)OCC[n+]2ccccc2)c1.O=S(=O)([N-]S(=O)(=O)C(F)(F)F)C(F)(F)F. The minimum Gasteiger partial charge on any atom is -0.443 e. The van der Waals surface area contributed by atoms with Crippen molar-refractivity contribution in [1.82, 2.24) is 5.32 Å². The minimum absolute atomic E-state index is 0.322. The van der Waals surface area contributed by atoms with Crippen LogP contribution in [0.5, 0.6) is 0 Å². The Morgan fingerprint density at radius 2 is 1.46 bits per heavy atom. The molecule has 2 aromatic rings. The maximum atomic E-state index is 12.1. The largest absolute Gasteiger partial charge is 0.480 e. The average Bonchev–Trinajstić information content (AvgIpc) is 2.78. The Bertz CT molecular complexity index is 1320. The molecule has 0 radical (unpaired) electrons. The number of sulfonamides is 2. The van der Waals surface area contributed by atoms with Crippen molar-refractivity contribution in [2.45, 2.75) is 43.9 Å². The van der Waals surface area contributed by atoms with E-state index in [4.69, 9.17) is 4.74 Å². The van der Waals surface area contributed by atoms with Crippen LogP contribution in [0.1, 0.15) is 31.9 Å². The quantitative estimate of drug-likeness (QED) is 0.343. The van der Waals surface area contributed by atoms with Crippen molar-refractivity contribution >= 4 is 31.7 Å². The van der Waals surface area contributed by atoms with E-state index in [1.807, 2.05) is 80.2 Å². The zero-order valence-electron chi connectivity index (χ0n) is 20.7. The molecular weight excluding hydrogens is 580 g/mol. The Hall–Kier alpha value is -3.18. The Morgan fingerprint density at radius 1 is 0.949 bits per heavy atom. The number of hydrogen-bond donors (Lipinski definition) is 1. The summed E-state index contributed by atoms with van der Waals surface area (Å²) in [5.74, 6) is 0. The molecule has 0 unspecified atom stereocenters. The molecule has 1 N–H and O–H groups in total. The van der Waals surface area contributed by atoms with Crippen LogP contribution >= 0.6 is 0 Å². The molecule has 218 valence electrons. The molecule has 17 heteroatoms. The summed E-state index contributed by atoms with van der Waals surface area (Å²) in [6, 6.07) is 13.9. The number of ether oxygens (including phenoxy) is 1. The van der Waals surface area contributed by atoms with Crippen molar-refractivity contribution in [3.8, 4) is 0 Å². The summed E-state index contributed by atoms with van der Waals surface area (Å²) in [4.78, 5) is 12.1. The van der Waals surface area contributed by atoms with Crippen LogP contribution in [-0.2, 0) is 36.9 Å². The summed E-state index contributed by atoms with van der Waals surface area (Å²) in [5, 5.41) is 2.92. The Labute approximate surface area is 221 Å². The van der Waals surface area contributed by atoms with Gasteiger partial charge in [-0.1, -0.05) is 36.4 Å². The van der Waals surface area contributed by atoms with Crippen LogP contribution in [0.25, 0.3) is 9.70 Å². The number of alkyl carbamates (subject to hydrolysis) is 1. The molecule has 39 heavy (non-hydrogen) atoms. The van der Waals surface area contributed by atoms with Crippen LogP contribution in [0.2, 0.25) is 0 Å². The molecule has 1 amide bonds. The molecule has 0 aliphatic rings. The van der Waals surface area contributed by atoms with Crippen molar-refractivity contribution in [2.75, 3.05) is 6.61 Å². The lowest BCUT2D eigenvalue weighted by Crippen LogP contribution is -2.43. The van der Waals surface area contributed by atoms with Crippen LogP contribution in [0.15, 0.2) is 61.4 Å². The highest BCUT2D eigenvalue weighted by molar-refractivity contribution is 8.13. The molecule has 1 aromatic heterocycles. The first-order chi connectivity index (χ1) is 17.6. The molecule has 9 nitrogen and oxygen atoms in total. The number of alkyl halides is 6. The number of halogens is 6. The van der Waals surface area contributed by atoms with E-state index in [0.717, 1.165) is 20.8 Å². The molecular formula is C22H25F6N3O6S2. The van der Waals surface area contributed by atoms with Gasteiger partial charge in [-0.2, -0.15) is 26.3 Å². The molecule has 0 atom stereocenters. The number of nitrogens with zero attached hydrogens (tertiary/aromatic N) is 2. The number of pyridine rings is 1. The molecule has 0 aliphatic carbocycles. The maximum absolute atomic E-state index is 12.1. The maximum Gasteiger partial charge on any atom is 0.480 e. The van der Waals surface area contributed by atoms with E-state index in [1.54, 1.807) is 0 Å². The van der Waals surface area contributed by atoms with E-state index in [-0.39, 0.29) is 0 Å². The second kappa shape index (κ2) is 12.8. The van der Waals surface area contributed by atoms with Crippen LogP contribution in [0.3, 0.4) is 0 Å². The van der Waals surface area contributed by atoms with Crippen molar-refractivity contribution in [3.63, 3.8) is 0 Å². The molecule has 0 saturated carbocycles. The number of aromatic nitrogens is 1. The highest BCUT2D eigenvalue weighted by Gasteiger charge is 2.46. The van der Waals surface area contributed by atoms with Gasteiger partial charge in [-0.3, -0.25) is 0 Å².